The van der Waals surface area contributed by atoms with E-state index in [4.69, 9.17) is 4.74 Å². The maximum atomic E-state index is 5.70. The third-order valence-electron chi connectivity index (χ3n) is 2.66. The van der Waals surface area contributed by atoms with Gasteiger partial charge in [-0.15, -0.1) is 0 Å². The van der Waals surface area contributed by atoms with Crippen molar-refractivity contribution in [3.8, 4) is 0 Å². The van der Waals surface area contributed by atoms with E-state index in [0.717, 1.165) is 42.4 Å². The standard InChI is InChI=1S/C11H17BrN4O/c1-3-13-10-8(12)6-14-11(15-10)9-7-16(2)4-5-17-9/h6,9H,3-5,7H2,1-2H3,(H,13,14,15). The highest BCUT2D eigenvalue weighted by molar-refractivity contribution is 9.10. The normalized spacial score (nSPS) is 21.5. The molecule has 0 radical (unpaired) electrons. The van der Waals surface area contributed by atoms with Crippen LogP contribution in [0.5, 0.6) is 0 Å². The molecule has 1 unspecified atom stereocenters. The van der Waals surface area contributed by atoms with Crippen LogP contribution in [-0.2, 0) is 4.74 Å². The van der Waals surface area contributed by atoms with Gasteiger partial charge in [0.1, 0.15) is 11.9 Å². The van der Waals surface area contributed by atoms with Crippen LogP contribution in [-0.4, -0.2) is 48.2 Å². The van der Waals surface area contributed by atoms with Crippen molar-refractivity contribution in [1.82, 2.24) is 14.9 Å². The summed E-state index contributed by atoms with van der Waals surface area (Å²) in [7, 11) is 2.08. The minimum atomic E-state index is -0.0285. The molecule has 2 heterocycles. The second-order valence-corrected chi connectivity index (χ2v) is 4.93. The molecule has 1 aliphatic heterocycles. The number of rotatable bonds is 3. The molecule has 94 valence electrons. The minimum absolute atomic E-state index is 0.0285. The van der Waals surface area contributed by atoms with E-state index < -0.39 is 0 Å². The molecule has 1 aromatic heterocycles. The Labute approximate surface area is 110 Å². The molecule has 0 saturated carbocycles. The topological polar surface area (TPSA) is 50.3 Å². The first-order valence-corrected chi connectivity index (χ1v) is 6.56. The van der Waals surface area contributed by atoms with E-state index in [1.807, 2.05) is 6.92 Å². The second-order valence-electron chi connectivity index (χ2n) is 4.08. The lowest BCUT2D eigenvalue weighted by Gasteiger charge is -2.29. The zero-order chi connectivity index (χ0) is 12.3. The average molecular weight is 301 g/mol. The fourth-order valence-corrected chi connectivity index (χ4v) is 2.09. The number of aromatic nitrogens is 2. The molecular formula is C11H17BrN4O. The van der Waals surface area contributed by atoms with Gasteiger partial charge in [0.25, 0.3) is 0 Å². The molecule has 1 fully saturated rings. The first kappa shape index (κ1) is 12.7. The summed E-state index contributed by atoms with van der Waals surface area (Å²) in [6.45, 7) is 5.41. The Bertz CT molecular complexity index is 388. The Morgan fingerprint density at radius 1 is 1.65 bits per heavy atom. The second kappa shape index (κ2) is 5.75. The lowest BCUT2D eigenvalue weighted by Crippen LogP contribution is -2.36. The third kappa shape index (κ3) is 3.14. The highest BCUT2D eigenvalue weighted by Gasteiger charge is 2.22. The number of ether oxygens (including phenoxy) is 1. The number of anilines is 1. The van der Waals surface area contributed by atoms with Crippen molar-refractivity contribution in [2.24, 2.45) is 0 Å². The van der Waals surface area contributed by atoms with Gasteiger partial charge in [0.2, 0.25) is 0 Å². The Morgan fingerprint density at radius 2 is 2.47 bits per heavy atom. The smallest absolute Gasteiger partial charge is 0.160 e. The van der Waals surface area contributed by atoms with Crippen LogP contribution in [0.4, 0.5) is 5.82 Å². The molecule has 0 bridgehead atoms. The molecule has 0 aliphatic carbocycles. The summed E-state index contributed by atoms with van der Waals surface area (Å²) in [5.41, 5.74) is 0. The fraction of sp³-hybridized carbons (Fsp3) is 0.636. The van der Waals surface area contributed by atoms with Crippen LogP contribution in [0.3, 0.4) is 0 Å². The van der Waals surface area contributed by atoms with Gasteiger partial charge in [0, 0.05) is 25.8 Å². The summed E-state index contributed by atoms with van der Waals surface area (Å²) < 4.78 is 6.58. The van der Waals surface area contributed by atoms with Gasteiger partial charge in [-0.1, -0.05) is 0 Å². The average Bonchev–Trinajstić information content (AvgIpc) is 2.32. The molecule has 0 amide bonds. The molecule has 6 heteroatoms. The quantitative estimate of drug-likeness (QED) is 0.920. The van der Waals surface area contributed by atoms with Gasteiger partial charge >= 0.3 is 0 Å². The van der Waals surface area contributed by atoms with Crippen molar-refractivity contribution >= 4 is 21.7 Å². The minimum Gasteiger partial charge on any atom is -0.369 e. The molecule has 17 heavy (non-hydrogen) atoms. The molecule has 0 aromatic carbocycles. The third-order valence-corrected chi connectivity index (χ3v) is 3.24. The Hall–Kier alpha value is -0.720. The van der Waals surface area contributed by atoms with Crippen molar-refractivity contribution in [1.29, 1.82) is 0 Å². The lowest BCUT2D eigenvalue weighted by molar-refractivity contribution is -0.0254. The van der Waals surface area contributed by atoms with Crippen LogP contribution in [0.1, 0.15) is 18.9 Å². The lowest BCUT2D eigenvalue weighted by atomic mass is 10.2. The van der Waals surface area contributed by atoms with Crippen LogP contribution >= 0.6 is 15.9 Å². The molecule has 5 nitrogen and oxygen atoms in total. The molecule has 1 aliphatic rings. The fourth-order valence-electron chi connectivity index (χ4n) is 1.76. The van der Waals surface area contributed by atoms with E-state index in [9.17, 15) is 0 Å². The Kier molecular flexibility index (Phi) is 4.31. The number of nitrogens with zero attached hydrogens (tertiary/aromatic N) is 3. The van der Waals surface area contributed by atoms with Crippen molar-refractivity contribution in [3.05, 3.63) is 16.5 Å². The molecule has 1 N–H and O–H groups in total. The van der Waals surface area contributed by atoms with Crippen LogP contribution < -0.4 is 5.32 Å². The van der Waals surface area contributed by atoms with Crippen molar-refractivity contribution in [2.75, 3.05) is 38.6 Å². The first-order chi connectivity index (χ1) is 8.20. The summed E-state index contributed by atoms with van der Waals surface area (Å²) in [6.07, 6.45) is 1.75. The first-order valence-electron chi connectivity index (χ1n) is 5.77. The zero-order valence-corrected chi connectivity index (χ0v) is 11.7. The summed E-state index contributed by atoms with van der Waals surface area (Å²) in [4.78, 5) is 11.1. The predicted octanol–water partition coefficient (Wildman–Crippen LogP) is 1.67. The monoisotopic (exact) mass is 300 g/mol. The highest BCUT2D eigenvalue weighted by Crippen LogP contribution is 2.23. The Morgan fingerprint density at radius 3 is 3.18 bits per heavy atom. The van der Waals surface area contributed by atoms with Gasteiger partial charge in [0.05, 0.1) is 11.1 Å². The summed E-state index contributed by atoms with van der Waals surface area (Å²) in [5, 5.41) is 3.20. The maximum absolute atomic E-state index is 5.70. The number of halogens is 1. The van der Waals surface area contributed by atoms with E-state index in [1.54, 1.807) is 6.20 Å². The van der Waals surface area contributed by atoms with Gasteiger partial charge in [-0.05, 0) is 29.9 Å². The van der Waals surface area contributed by atoms with Crippen LogP contribution in [0, 0.1) is 0 Å². The van der Waals surface area contributed by atoms with E-state index in [1.165, 1.54) is 0 Å². The number of likely N-dealkylation sites (N-methyl/N-ethyl adjacent to an activating group) is 1. The highest BCUT2D eigenvalue weighted by atomic mass is 79.9. The van der Waals surface area contributed by atoms with E-state index in [2.05, 4.69) is 43.2 Å². The summed E-state index contributed by atoms with van der Waals surface area (Å²) in [5.74, 6) is 1.57. The maximum Gasteiger partial charge on any atom is 0.160 e. The summed E-state index contributed by atoms with van der Waals surface area (Å²) >= 11 is 3.43. The van der Waals surface area contributed by atoms with Crippen molar-refractivity contribution < 1.29 is 4.74 Å². The molecule has 1 saturated heterocycles. The van der Waals surface area contributed by atoms with Crippen molar-refractivity contribution in [3.63, 3.8) is 0 Å². The molecule has 1 aromatic rings. The van der Waals surface area contributed by atoms with Gasteiger partial charge in [-0.3, -0.25) is 0 Å². The Balaban J connectivity index is 2.17. The van der Waals surface area contributed by atoms with E-state index in [0.29, 0.717) is 0 Å². The van der Waals surface area contributed by atoms with E-state index in [-0.39, 0.29) is 6.10 Å². The molecular weight excluding hydrogens is 284 g/mol. The van der Waals surface area contributed by atoms with Crippen LogP contribution in [0.25, 0.3) is 0 Å². The molecule has 0 spiro atoms. The van der Waals surface area contributed by atoms with Gasteiger partial charge in [-0.2, -0.15) is 0 Å². The number of nitrogens with one attached hydrogen (secondary N) is 1. The van der Waals surface area contributed by atoms with E-state index >= 15 is 0 Å². The van der Waals surface area contributed by atoms with Gasteiger partial charge < -0.3 is 15.0 Å². The SMILES string of the molecule is CCNc1nc(C2CN(C)CCO2)ncc1Br. The number of hydrogen-bond acceptors (Lipinski definition) is 5. The zero-order valence-electron chi connectivity index (χ0n) is 10.1. The molecule has 1 atom stereocenters. The predicted molar refractivity (Wildman–Crippen MR) is 70.1 cm³/mol. The van der Waals surface area contributed by atoms with Gasteiger partial charge in [-0.25, -0.2) is 9.97 Å². The van der Waals surface area contributed by atoms with Gasteiger partial charge in [0.15, 0.2) is 5.82 Å². The number of hydrogen-bond donors (Lipinski definition) is 1. The van der Waals surface area contributed by atoms with Crippen LogP contribution in [0.15, 0.2) is 10.7 Å². The van der Waals surface area contributed by atoms with Crippen molar-refractivity contribution in [2.45, 2.75) is 13.0 Å². The number of morpholine rings is 1. The largest absolute Gasteiger partial charge is 0.369 e. The molecule has 2 rings (SSSR count). The van der Waals surface area contributed by atoms with Crippen LogP contribution in [0.2, 0.25) is 0 Å². The summed E-state index contributed by atoms with van der Waals surface area (Å²) in [6, 6.07) is 0.